The van der Waals surface area contributed by atoms with E-state index in [9.17, 15) is 4.79 Å². The zero-order valence-electron chi connectivity index (χ0n) is 10.2. The lowest BCUT2D eigenvalue weighted by molar-refractivity contribution is -0.126. The van der Waals surface area contributed by atoms with Crippen LogP contribution in [0.25, 0.3) is 0 Å². The van der Waals surface area contributed by atoms with Crippen molar-refractivity contribution < 1.29 is 4.79 Å². The highest BCUT2D eigenvalue weighted by Gasteiger charge is 2.27. The van der Waals surface area contributed by atoms with Crippen LogP contribution in [0.5, 0.6) is 0 Å². The van der Waals surface area contributed by atoms with Gasteiger partial charge in [-0.2, -0.15) is 0 Å². The maximum Gasteiger partial charge on any atom is 0.239 e. The molecule has 1 aliphatic carbocycles. The van der Waals surface area contributed by atoms with Crippen LogP contribution in [0.15, 0.2) is 0 Å². The third-order valence-electron chi connectivity index (χ3n) is 3.30. The molecule has 0 aromatic heterocycles. The summed E-state index contributed by atoms with van der Waals surface area (Å²) in [5, 5.41) is 3.03. The Morgan fingerprint density at radius 3 is 2.33 bits per heavy atom. The molecule has 1 fully saturated rings. The predicted octanol–water partition coefficient (Wildman–Crippen LogP) is 1.81. The summed E-state index contributed by atoms with van der Waals surface area (Å²) in [6.07, 6.45) is 6.44. The number of rotatable bonds is 3. The molecule has 0 radical (unpaired) electrons. The van der Waals surface area contributed by atoms with Crippen LogP contribution in [0.3, 0.4) is 0 Å². The van der Waals surface area contributed by atoms with Gasteiger partial charge in [0.2, 0.25) is 5.91 Å². The Morgan fingerprint density at radius 2 is 1.87 bits per heavy atom. The molecule has 88 valence electrons. The van der Waals surface area contributed by atoms with E-state index in [0.717, 1.165) is 0 Å². The molecule has 1 unspecified atom stereocenters. The van der Waals surface area contributed by atoms with E-state index in [4.69, 9.17) is 5.73 Å². The Morgan fingerprint density at radius 1 is 1.33 bits per heavy atom. The summed E-state index contributed by atoms with van der Waals surface area (Å²) in [5.74, 6) is 0.602. The maximum absolute atomic E-state index is 11.7. The molecule has 1 rings (SSSR count). The lowest BCUT2D eigenvalue weighted by atomic mass is 9.84. The second-order valence-electron chi connectivity index (χ2n) is 5.38. The summed E-state index contributed by atoms with van der Waals surface area (Å²) < 4.78 is 0. The summed E-state index contributed by atoms with van der Waals surface area (Å²) in [4.78, 5) is 11.7. The molecule has 0 saturated heterocycles. The molecule has 3 N–H and O–H groups in total. The monoisotopic (exact) mass is 212 g/mol. The number of carbonyl (C=O) groups is 1. The van der Waals surface area contributed by atoms with Crippen molar-refractivity contribution in [2.45, 2.75) is 64.5 Å². The molecule has 3 nitrogen and oxygen atoms in total. The van der Waals surface area contributed by atoms with Gasteiger partial charge in [-0.15, -0.1) is 0 Å². The minimum Gasteiger partial charge on any atom is -0.352 e. The topological polar surface area (TPSA) is 55.1 Å². The zero-order chi connectivity index (χ0) is 11.5. The standard InChI is InChI=1S/C12H24N2O/c1-9(10-7-5-4-6-8-10)14-11(15)12(2,3)13/h9-10H,4-8,13H2,1-3H3,(H,14,15). The van der Waals surface area contributed by atoms with Gasteiger partial charge < -0.3 is 11.1 Å². The van der Waals surface area contributed by atoms with E-state index in [2.05, 4.69) is 12.2 Å². The van der Waals surface area contributed by atoms with Gasteiger partial charge in [0.1, 0.15) is 0 Å². The second-order valence-corrected chi connectivity index (χ2v) is 5.38. The van der Waals surface area contributed by atoms with E-state index in [1.54, 1.807) is 13.8 Å². The third-order valence-corrected chi connectivity index (χ3v) is 3.30. The molecular formula is C12H24N2O. The average Bonchev–Trinajstić information content (AvgIpc) is 2.17. The first-order valence-corrected chi connectivity index (χ1v) is 6.01. The molecule has 0 aromatic rings. The summed E-state index contributed by atoms with van der Waals surface area (Å²) >= 11 is 0. The van der Waals surface area contributed by atoms with Crippen molar-refractivity contribution in [3.63, 3.8) is 0 Å². The lowest BCUT2D eigenvalue weighted by Gasteiger charge is -2.30. The van der Waals surface area contributed by atoms with Gasteiger partial charge in [-0.25, -0.2) is 0 Å². The van der Waals surface area contributed by atoms with Gasteiger partial charge in [0, 0.05) is 6.04 Å². The van der Waals surface area contributed by atoms with Crippen molar-refractivity contribution in [1.82, 2.24) is 5.32 Å². The SMILES string of the molecule is CC(NC(=O)C(C)(C)N)C1CCCCC1. The quantitative estimate of drug-likeness (QED) is 0.749. The summed E-state index contributed by atoms with van der Waals surface area (Å²) in [6.45, 7) is 5.59. The molecule has 0 spiro atoms. The zero-order valence-corrected chi connectivity index (χ0v) is 10.2. The predicted molar refractivity (Wildman–Crippen MR) is 62.4 cm³/mol. The molecule has 1 aliphatic rings. The lowest BCUT2D eigenvalue weighted by Crippen LogP contribution is -2.53. The van der Waals surface area contributed by atoms with Gasteiger partial charge in [0.25, 0.3) is 0 Å². The second kappa shape index (κ2) is 4.97. The van der Waals surface area contributed by atoms with Crippen LogP contribution >= 0.6 is 0 Å². The van der Waals surface area contributed by atoms with Gasteiger partial charge in [-0.3, -0.25) is 4.79 Å². The van der Waals surface area contributed by atoms with E-state index in [0.29, 0.717) is 5.92 Å². The number of nitrogens with one attached hydrogen (secondary N) is 1. The Bertz CT molecular complexity index is 214. The van der Waals surface area contributed by atoms with Crippen molar-refractivity contribution in [3.05, 3.63) is 0 Å². The average molecular weight is 212 g/mol. The third kappa shape index (κ3) is 3.82. The summed E-state index contributed by atoms with van der Waals surface area (Å²) in [7, 11) is 0. The van der Waals surface area contributed by atoms with Crippen LogP contribution in [0.2, 0.25) is 0 Å². The van der Waals surface area contributed by atoms with Crippen molar-refractivity contribution in [3.8, 4) is 0 Å². The Labute approximate surface area is 92.8 Å². The van der Waals surface area contributed by atoms with Crippen LogP contribution < -0.4 is 11.1 Å². The molecule has 1 saturated carbocycles. The Balaban J connectivity index is 2.40. The van der Waals surface area contributed by atoms with Crippen LogP contribution in [0, 0.1) is 5.92 Å². The number of nitrogens with two attached hydrogens (primary N) is 1. The van der Waals surface area contributed by atoms with Gasteiger partial charge in [-0.05, 0) is 39.5 Å². The fourth-order valence-corrected chi connectivity index (χ4v) is 2.14. The fourth-order valence-electron chi connectivity index (χ4n) is 2.14. The summed E-state index contributed by atoms with van der Waals surface area (Å²) in [6, 6.07) is 0.264. The number of hydrogen-bond acceptors (Lipinski definition) is 2. The van der Waals surface area contributed by atoms with E-state index in [1.165, 1.54) is 32.1 Å². The van der Waals surface area contributed by atoms with Crippen molar-refractivity contribution in [1.29, 1.82) is 0 Å². The first-order chi connectivity index (χ1) is 6.91. The molecule has 0 heterocycles. The molecule has 0 aromatic carbocycles. The number of carbonyl (C=O) groups excluding carboxylic acids is 1. The van der Waals surface area contributed by atoms with E-state index in [-0.39, 0.29) is 11.9 Å². The van der Waals surface area contributed by atoms with E-state index in [1.807, 2.05) is 0 Å². The van der Waals surface area contributed by atoms with Crippen LogP contribution in [0.4, 0.5) is 0 Å². The molecule has 15 heavy (non-hydrogen) atoms. The van der Waals surface area contributed by atoms with Crippen molar-refractivity contribution >= 4 is 5.91 Å². The largest absolute Gasteiger partial charge is 0.352 e. The molecule has 0 aliphatic heterocycles. The van der Waals surface area contributed by atoms with Gasteiger partial charge in [0.15, 0.2) is 0 Å². The van der Waals surface area contributed by atoms with Crippen LogP contribution in [-0.2, 0) is 4.79 Å². The van der Waals surface area contributed by atoms with Gasteiger partial charge in [0.05, 0.1) is 5.54 Å². The van der Waals surface area contributed by atoms with Crippen LogP contribution in [0.1, 0.15) is 52.9 Å². The van der Waals surface area contributed by atoms with Crippen LogP contribution in [-0.4, -0.2) is 17.5 Å². The normalized spacial score (nSPS) is 21.1. The number of hydrogen-bond donors (Lipinski definition) is 2. The molecule has 1 atom stereocenters. The molecule has 3 heteroatoms. The summed E-state index contributed by atoms with van der Waals surface area (Å²) in [5.41, 5.74) is 4.98. The van der Waals surface area contributed by atoms with Gasteiger partial charge in [-0.1, -0.05) is 19.3 Å². The smallest absolute Gasteiger partial charge is 0.239 e. The molecular weight excluding hydrogens is 188 g/mol. The minimum atomic E-state index is -0.761. The van der Waals surface area contributed by atoms with E-state index >= 15 is 0 Å². The first-order valence-electron chi connectivity index (χ1n) is 6.01. The van der Waals surface area contributed by atoms with E-state index < -0.39 is 5.54 Å². The molecule has 0 bridgehead atoms. The van der Waals surface area contributed by atoms with Gasteiger partial charge >= 0.3 is 0 Å². The number of amides is 1. The highest BCUT2D eigenvalue weighted by atomic mass is 16.2. The first kappa shape index (κ1) is 12.5. The van der Waals surface area contributed by atoms with Crippen molar-refractivity contribution in [2.75, 3.05) is 0 Å². The Kier molecular flexibility index (Phi) is 4.14. The Hall–Kier alpha value is -0.570. The highest BCUT2D eigenvalue weighted by molar-refractivity contribution is 5.85. The van der Waals surface area contributed by atoms with Crippen molar-refractivity contribution in [2.24, 2.45) is 11.7 Å². The maximum atomic E-state index is 11.7. The fraction of sp³-hybridized carbons (Fsp3) is 0.917. The highest BCUT2D eigenvalue weighted by Crippen LogP contribution is 2.26. The minimum absolute atomic E-state index is 0.0411. The molecule has 1 amide bonds.